The van der Waals surface area contributed by atoms with Gasteiger partial charge in [-0.05, 0) is 29.0 Å². The summed E-state index contributed by atoms with van der Waals surface area (Å²) < 4.78 is 3.92. The second kappa shape index (κ2) is 10.7. The van der Waals surface area contributed by atoms with Crippen LogP contribution < -0.4 is 0 Å². The van der Waals surface area contributed by atoms with Gasteiger partial charge in [0.1, 0.15) is 30.6 Å². The third-order valence-corrected chi connectivity index (χ3v) is 7.19. The monoisotopic (exact) mass is 476 g/mol. The molecule has 0 saturated carbocycles. The van der Waals surface area contributed by atoms with Gasteiger partial charge in [-0.25, -0.2) is 19.3 Å². The Hall–Kier alpha value is -4.06. The van der Waals surface area contributed by atoms with Crippen LogP contribution in [0.2, 0.25) is 0 Å². The molecule has 0 fully saturated rings. The Bertz CT molecular complexity index is 1230. The van der Waals surface area contributed by atoms with Crippen molar-refractivity contribution in [3.05, 3.63) is 132 Å². The van der Waals surface area contributed by atoms with Gasteiger partial charge in [0.15, 0.2) is 5.82 Å². The van der Waals surface area contributed by atoms with E-state index in [0.717, 1.165) is 41.8 Å². The number of rotatable bonds is 10. The zero-order chi connectivity index (χ0) is 24.8. The van der Waals surface area contributed by atoms with Crippen LogP contribution in [0.15, 0.2) is 110 Å². The highest BCUT2D eigenvalue weighted by Gasteiger charge is 2.40. The van der Waals surface area contributed by atoms with Crippen molar-refractivity contribution in [2.24, 2.45) is 5.92 Å². The van der Waals surface area contributed by atoms with Crippen LogP contribution in [0, 0.1) is 5.92 Å². The molecule has 0 aliphatic carbocycles. The van der Waals surface area contributed by atoms with Gasteiger partial charge in [0, 0.05) is 0 Å². The second-order valence-electron chi connectivity index (χ2n) is 9.17. The first-order valence-corrected chi connectivity index (χ1v) is 12.7. The number of hydrogen-bond acceptors (Lipinski definition) is 4. The molecule has 0 saturated heterocycles. The van der Waals surface area contributed by atoms with Gasteiger partial charge in [0.25, 0.3) is 0 Å². The van der Waals surface area contributed by atoms with Crippen LogP contribution >= 0.6 is 0 Å². The average Bonchev–Trinajstić information content (AvgIpc) is 3.66. The fourth-order valence-electron chi connectivity index (χ4n) is 5.17. The molecule has 0 aliphatic heterocycles. The van der Waals surface area contributed by atoms with E-state index in [2.05, 4.69) is 96.7 Å². The van der Waals surface area contributed by atoms with E-state index < -0.39 is 5.54 Å². The first-order valence-electron chi connectivity index (χ1n) is 12.7. The van der Waals surface area contributed by atoms with Crippen LogP contribution in [-0.4, -0.2) is 29.5 Å². The smallest absolute Gasteiger partial charge is 0.175 e. The van der Waals surface area contributed by atoms with Crippen LogP contribution in [0.4, 0.5) is 0 Å². The molecule has 36 heavy (non-hydrogen) atoms. The Balaban J connectivity index is 1.72. The van der Waals surface area contributed by atoms with Gasteiger partial charge in [-0.3, -0.25) is 0 Å². The molecule has 3 aromatic carbocycles. The average molecular weight is 477 g/mol. The van der Waals surface area contributed by atoms with Crippen LogP contribution in [-0.2, 0) is 5.54 Å². The van der Waals surface area contributed by atoms with Gasteiger partial charge in [0.05, 0.1) is 0 Å². The van der Waals surface area contributed by atoms with Crippen molar-refractivity contribution < 1.29 is 0 Å². The SMILES string of the molecule is CCC(CC)CC(c1ncn(C(c2ccccc2)(c2ccccc2)c2ccccc2)n1)n1cncn1. The van der Waals surface area contributed by atoms with E-state index in [9.17, 15) is 0 Å². The number of benzene rings is 3. The summed E-state index contributed by atoms with van der Waals surface area (Å²) in [5, 5.41) is 9.68. The van der Waals surface area contributed by atoms with Crippen LogP contribution in [0.5, 0.6) is 0 Å². The van der Waals surface area contributed by atoms with Crippen molar-refractivity contribution in [1.82, 2.24) is 29.5 Å². The maximum absolute atomic E-state index is 5.21. The van der Waals surface area contributed by atoms with Gasteiger partial charge in [0.2, 0.25) is 0 Å². The lowest BCUT2D eigenvalue weighted by molar-refractivity contribution is 0.350. The first kappa shape index (κ1) is 23.7. The summed E-state index contributed by atoms with van der Waals surface area (Å²) in [5.74, 6) is 1.30. The minimum atomic E-state index is -0.684. The number of nitrogens with zero attached hydrogens (tertiary/aromatic N) is 6. The largest absolute Gasteiger partial charge is 0.242 e. The molecule has 0 spiro atoms. The minimum Gasteiger partial charge on any atom is -0.242 e. The van der Waals surface area contributed by atoms with E-state index in [4.69, 9.17) is 10.1 Å². The molecule has 5 rings (SSSR count). The third-order valence-electron chi connectivity index (χ3n) is 7.19. The van der Waals surface area contributed by atoms with Crippen molar-refractivity contribution in [1.29, 1.82) is 0 Å². The van der Waals surface area contributed by atoms with E-state index in [1.807, 2.05) is 33.9 Å². The molecule has 6 nitrogen and oxygen atoms in total. The molecule has 0 radical (unpaired) electrons. The fourth-order valence-corrected chi connectivity index (χ4v) is 5.17. The first-order chi connectivity index (χ1) is 17.8. The van der Waals surface area contributed by atoms with Crippen LogP contribution in [0.25, 0.3) is 0 Å². The summed E-state index contributed by atoms with van der Waals surface area (Å²) in [5.41, 5.74) is 2.68. The molecule has 1 unspecified atom stereocenters. The lowest BCUT2D eigenvalue weighted by Gasteiger charge is -2.36. The van der Waals surface area contributed by atoms with Crippen LogP contribution in [0.1, 0.15) is 61.7 Å². The van der Waals surface area contributed by atoms with Crippen molar-refractivity contribution in [3.8, 4) is 0 Å². The summed E-state index contributed by atoms with van der Waals surface area (Å²) >= 11 is 0. The highest BCUT2D eigenvalue weighted by Crippen LogP contribution is 2.40. The summed E-state index contributed by atoms with van der Waals surface area (Å²) in [7, 11) is 0. The van der Waals surface area contributed by atoms with Gasteiger partial charge in [-0.1, -0.05) is 118 Å². The summed E-state index contributed by atoms with van der Waals surface area (Å²) in [6.45, 7) is 4.48. The molecular formula is C30H32N6. The Labute approximate surface area is 212 Å². The van der Waals surface area contributed by atoms with Gasteiger partial charge in [-0.2, -0.15) is 10.2 Å². The highest BCUT2D eigenvalue weighted by atomic mass is 15.4. The third kappa shape index (κ3) is 4.35. The lowest BCUT2D eigenvalue weighted by Crippen LogP contribution is -2.38. The predicted molar refractivity (Wildman–Crippen MR) is 141 cm³/mol. The topological polar surface area (TPSA) is 61.4 Å². The minimum absolute atomic E-state index is 0.0846. The van der Waals surface area contributed by atoms with Crippen molar-refractivity contribution in [2.45, 2.75) is 44.7 Å². The standard InChI is InChI=1S/C30H32N6/c1-3-24(4-2)20-28(35-22-31-21-33-35)29-32-23-36(34-29)30(25-14-8-5-9-15-25,26-16-10-6-11-17-26)27-18-12-7-13-19-27/h5-19,21-24,28H,3-4,20H2,1-2H3. The fraction of sp³-hybridized carbons (Fsp3) is 0.267. The summed E-state index contributed by atoms with van der Waals surface area (Å²) in [6, 6.07) is 31.6. The van der Waals surface area contributed by atoms with Crippen LogP contribution in [0.3, 0.4) is 0 Å². The van der Waals surface area contributed by atoms with E-state index in [1.165, 1.54) is 0 Å². The zero-order valence-corrected chi connectivity index (χ0v) is 20.9. The number of aromatic nitrogens is 6. The van der Waals surface area contributed by atoms with E-state index >= 15 is 0 Å². The molecule has 0 amide bonds. The van der Waals surface area contributed by atoms with Gasteiger partial charge < -0.3 is 0 Å². The molecule has 0 N–H and O–H groups in total. The molecule has 1 atom stereocenters. The molecule has 0 bridgehead atoms. The molecule has 2 aromatic heterocycles. The van der Waals surface area contributed by atoms with E-state index in [1.54, 1.807) is 12.7 Å². The molecule has 6 heteroatoms. The van der Waals surface area contributed by atoms with Crippen molar-refractivity contribution in [3.63, 3.8) is 0 Å². The zero-order valence-electron chi connectivity index (χ0n) is 20.9. The maximum Gasteiger partial charge on any atom is 0.175 e. The number of hydrogen-bond donors (Lipinski definition) is 0. The Morgan fingerprint density at radius 3 is 1.69 bits per heavy atom. The molecule has 182 valence electrons. The molecular weight excluding hydrogens is 444 g/mol. The Kier molecular flexibility index (Phi) is 7.03. The maximum atomic E-state index is 5.21. The molecule has 5 aromatic rings. The van der Waals surface area contributed by atoms with Crippen molar-refractivity contribution >= 4 is 0 Å². The highest BCUT2D eigenvalue weighted by molar-refractivity contribution is 5.50. The normalized spacial score (nSPS) is 12.6. The van der Waals surface area contributed by atoms with E-state index in [0.29, 0.717) is 5.92 Å². The summed E-state index contributed by atoms with van der Waals surface area (Å²) in [6.07, 6.45) is 8.34. The van der Waals surface area contributed by atoms with Crippen molar-refractivity contribution in [2.75, 3.05) is 0 Å². The van der Waals surface area contributed by atoms with Gasteiger partial charge >= 0.3 is 0 Å². The second-order valence-corrected chi connectivity index (χ2v) is 9.17. The summed E-state index contributed by atoms with van der Waals surface area (Å²) in [4.78, 5) is 9.12. The predicted octanol–water partition coefficient (Wildman–Crippen LogP) is 6.13. The Morgan fingerprint density at radius 2 is 1.25 bits per heavy atom. The lowest BCUT2D eigenvalue weighted by atomic mass is 9.77. The quantitative estimate of drug-likeness (QED) is 0.228. The molecule has 0 aliphatic rings. The Morgan fingerprint density at radius 1 is 0.722 bits per heavy atom. The molecule has 2 heterocycles. The van der Waals surface area contributed by atoms with E-state index in [-0.39, 0.29) is 6.04 Å². The van der Waals surface area contributed by atoms with Gasteiger partial charge in [-0.15, -0.1) is 0 Å².